The van der Waals surface area contributed by atoms with Crippen LogP contribution < -0.4 is 0 Å². The first-order valence-electron chi connectivity index (χ1n) is 4.58. The first-order valence-corrected chi connectivity index (χ1v) is 5.56. The molecule has 0 aliphatic carbocycles. The topological polar surface area (TPSA) is 50.2 Å². The van der Waals surface area contributed by atoms with E-state index in [0.29, 0.717) is 11.4 Å². The molecule has 1 heterocycles. The number of nitrogens with zero attached hydrogens (tertiary/aromatic N) is 1. The van der Waals surface area contributed by atoms with Crippen molar-refractivity contribution in [2.75, 3.05) is 5.75 Å². The fourth-order valence-electron chi connectivity index (χ4n) is 0.978. The average Bonchev–Trinajstić information content (AvgIpc) is 2.25. The van der Waals surface area contributed by atoms with Crippen LogP contribution in [0.15, 0.2) is 24.4 Å². The number of aromatic nitrogens is 1. The molecule has 15 heavy (non-hydrogen) atoms. The molecule has 0 bridgehead atoms. The molecule has 1 aromatic rings. The molecule has 0 aliphatic rings. The molecule has 0 spiro atoms. The predicted molar refractivity (Wildman–Crippen MR) is 62.3 cm³/mol. The minimum Gasteiger partial charge on any atom is -0.390 e. The van der Waals surface area contributed by atoms with Crippen LogP contribution in [0.3, 0.4) is 0 Å². The molecule has 0 aromatic carbocycles. The van der Waals surface area contributed by atoms with Crippen molar-refractivity contribution in [3.05, 3.63) is 35.7 Å². The van der Waals surface area contributed by atoms with Gasteiger partial charge >= 0.3 is 0 Å². The number of carbonyl (C=O) groups is 1. The number of thioether (sulfide) groups is 1. The van der Waals surface area contributed by atoms with E-state index in [9.17, 15) is 4.79 Å². The zero-order chi connectivity index (χ0) is 11.1. The van der Waals surface area contributed by atoms with Crippen LogP contribution in [0.25, 0.3) is 6.08 Å². The molecule has 0 atom stereocenters. The van der Waals surface area contributed by atoms with E-state index in [1.807, 2.05) is 18.2 Å². The van der Waals surface area contributed by atoms with Gasteiger partial charge < -0.3 is 5.11 Å². The predicted octanol–water partition coefficient (Wildman–Crippen LogP) is 1.87. The summed E-state index contributed by atoms with van der Waals surface area (Å²) in [4.78, 5) is 14.7. The Labute approximate surface area is 93.2 Å². The number of aliphatic hydroxyl groups is 1. The summed E-state index contributed by atoms with van der Waals surface area (Å²) in [6, 6.07) is 3.66. The van der Waals surface area contributed by atoms with E-state index >= 15 is 0 Å². The standard InChI is InChI=1S/C11H13NO2S/c1-9(14)15-6-2-3-10-4-5-11(8-13)12-7-10/h2-5,7,13H,6,8H2,1H3. The van der Waals surface area contributed by atoms with E-state index in [0.717, 1.165) is 5.56 Å². The maximum atomic E-state index is 10.6. The van der Waals surface area contributed by atoms with Gasteiger partial charge in [0.1, 0.15) is 0 Å². The summed E-state index contributed by atoms with van der Waals surface area (Å²) < 4.78 is 0. The number of hydrogen-bond acceptors (Lipinski definition) is 4. The Morgan fingerprint density at radius 1 is 1.60 bits per heavy atom. The van der Waals surface area contributed by atoms with E-state index in [4.69, 9.17) is 5.11 Å². The first-order chi connectivity index (χ1) is 7.22. The number of hydrogen-bond donors (Lipinski definition) is 1. The summed E-state index contributed by atoms with van der Waals surface area (Å²) in [5, 5.41) is 8.90. The summed E-state index contributed by atoms with van der Waals surface area (Å²) in [7, 11) is 0. The molecule has 1 aromatic heterocycles. The summed E-state index contributed by atoms with van der Waals surface area (Å²) in [5.74, 6) is 0.678. The summed E-state index contributed by atoms with van der Waals surface area (Å²) in [6.07, 6.45) is 5.52. The Morgan fingerprint density at radius 3 is 2.93 bits per heavy atom. The Morgan fingerprint density at radius 2 is 2.40 bits per heavy atom. The molecule has 0 fully saturated rings. The summed E-state index contributed by atoms with van der Waals surface area (Å²) in [5.41, 5.74) is 1.63. The maximum absolute atomic E-state index is 10.6. The molecule has 4 heteroatoms. The van der Waals surface area contributed by atoms with Crippen LogP contribution in [0, 0.1) is 0 Å². The molecule has 80 valence electrons. The first kappa shape index (κ1) is 11.9. The molecule has 3 nitrogen and oxygen atoms in total. The summed E-state index contributed by atoms with van der Waals surface area (Å²) in [6.45, 7) is 1.51. The van der Waals surface area contributed by atoms with E-state index in [2.05, 4.69) is 4.98 Å². The van der Waals surface area contributed by atoms with Crippen molar-refractivity contribution in [3.8, 4) is 0 Å². The van der Waals surface area contributed by atoms with Crippen molar-refractivity contribution in [2.45, 2.75) is 13.5 Å². The van der Waals surface area contributed by atoms with E-state index < -0.39 is 0 Å². The van der Waals surface area contributed by atoms with Crippen LogP contribution in [0.2, 0.25) is 0 Å². The minimum absolute atomic E-state index is 0.0375. The van der Waals surface area contributed by atoms with Crippen molar-refractivity contribution in [3.63, 3.8) is 0 Å². The van der Waals surface area contributed by atoms with Crippen molar-refractivity contribution in [1.82, 2.24) is 4.98 Å². The van der Waals surface area contributed by atoms with Crippen molar-refractivity contribution in [1.29, 1.82) is 0 Å². The molecule has 0 unspecified atom stereocenters. The molecular weight excluding hydrogens is 210 g/mol. The molecule has 0 radical (unpaired) electrons. The van der Waals surface area contributed by atoms with E-state index in [1.54, 1.807) is 19.2 Å². The molecule has 0 aliphatic heterocycles. The van der Waals surface area contributed by atoms with Gasteiger partial charge in [-0.15, -0.1) is 0 Å². The van der Waals surface area contributed by atoms with Gasteiger partial charge in [-0.1, -0.05) is 30.0 Å². The maximum Gasteiger partial charge on any atom is 0.186 e. The highest BCUT2D eigenvalue weighted by atomic mass is 32.2. The van der Waals surface area contributed by atoms with Crippen LogP contribution in [-0.4, -0.2) is 21.0 Å². The molecule has 0 saturated carbocycles. The third kappa shape index (κ3) is 4.76. The Kier molecular flexibility index (Phi) is 5.07. The van der Waals surface area contributed by atoms with Crippen LogP contribution in [-0.2, 0) is 11.4 Å². The van der Waals surface area contributed by atoms with Crippen LogP contribution >= 0.6 is 11.8 Å². The number of aliphatic hydroxyl groups excluding tert-OH is 1. The van der Waals surface area contributed by atoms with Gasteiger partial charge in [-0.25, -0.2) is 0 Å². The normalized spacial score (nSPS) is 10.8. The van der Waals surface area contributed by atoms with Gasteiger partial charge in [0.25, 0.3) is 0 Å². The van der Waals surface area contributed by atoms with E-state index in [-0.39, 0.29) is 11.7 Å². The fourth-order valence-corrected chi connectivity index (χ4v) is 1.40. The molecule has 0 amide bonds. The lowest BCUT2D eigenvalue weighted by atomic mass is 10.2. The zero-order valence-corrected chi connectivity index (χ0v) is 9.33. The Balaban J connectivity index is 2.46. The Hall–Kier alpha value is -1.13. The second-order valence-corrected chi connectivity index (χ2v) is 4.14. The van der Waals surface area contributed by atoms with Crippen LogP contribution in [0.4, 0.5) is 0 Å². The highest BCUT2D eigenvalue weighted by molar-refractivity contribution is 8.13. The minimum atomic E-state index is -0.0375. The molecule has 1 N–H and O–H groups in total. The van der Waals surface area contributed by atoms with Gasteiger partial charge in [0, 0.05) is 18.9 Å². The monoisotopic (exact) mass is 223 g/mol. The van der Waals surface area contributed by atoms with Gasteiger partial charge in [0.2, 0.25) is 0 Å². The molecule has 0 saturated heterocycles. The van der Waals surface area contributed by atoms with Gasteiger partial charge in [-0.05, 0) is 11.6 Å². The Bertz CT molecular complexity index is 346. The van der Waals surface area contributed by atoms with E-state index in [1.165, 1.54) is 11.8 Å². The smallest absolute Gasteiger partial charge is 0.186 e. The van der Waals surface area contributed by atoms with Gasteiger partial charge in [-0.2, -0.15) is 0 Å². The number of rotatable bonds is 4. The SMILES string of the molecule is CC(=O)SCC=Cc1ccc(CO)nc1. The molecular formula is C11H13NO2S. The zero-order valence-electron chi connectivity index (χ0n) is 8.51. The van der Waals surface area contributed by atoms with Crippen LogP contribution in [0.5, 0.6) is 0 Å². The lowest BCUT2D eigenvalue weighted by Gasteiger charge is -1.95. The fraction of sp³-hybridized carbons (Fsp3) is 0.273. The van der Waals surface area contributed by atoms with Gasteiger partial charge in [0.15, 0.2) is 5.12 Å². The van der Waals surface area contributed by atoms with Crippen molar-refractivity contribution >= 4 is 23.0 Å². The summed E-state index contributed by atoms with van der Waals surface area (Å²) >= 11 is 1.27. The second kappa shape index (κ2) is 6.37. The third-order valence-electron chi connectivity index (χ3n) is 1.70. The second-order valence-electron chi connectivity index (χ2n) is 2.95. The van der Waals surface area contributed by atoms with Crippen molar-refractivity contribution in [2.24, 2.45) is 0 Å². The number of pyridine rings is 1. The lowest BCUT2D eigenvalue weighted by Crippen LogP contribution is -1.88. The molecule has 1 rings (SSSR count). The average molecular weight is 223 g/mol. The number of carbonyl (C=O) groups excluding carboxylic acids is 1. The van der Waals surface area contributed by atoms with Gasteiger partial charge in [0.05, 0.1) is 12.3 Å². The van der Waals surface area contributed by atoms with Crippen LogP contribution in [0.1, 0.15) is 18.2 Å². The lowest BCUT2D eigenvalue weighted by molar-refractivity contribution is -0.109. The highest BCUT2D eigenvalue weighted by Gasteiger charge is 1.92. The van der Waals surface area contributed by atoms with Crippen molar-refractivity contribution < 1.29 is 9.90 Å². The van der Waals surface area contributed by atoms with Gasteiger partial charge in [-0.3, -0.25) is 9.78 Å². The largest absolute Gasteiger partial charge is 0.390 e. The third-order valence-corrected chi connectivity index (χ3v) is 2.47. The quantitative estimate of drug-likeness (QED) is 0.846. The highest BCUT2D eigenvalue weighted by Crippen LogP contribution is 2.05.